The Balaban J connectivity index is 1.33. The van der Waals surface area contributed by atoms with E-state index >= 15 is 0 Å². The van der Waals surface area contributed by atoms with Crippen LogP contribution in [-0.4, -0.2) is 53.0 Å². The van der Waals surface area contributed by atoms with Crippen molar-refractivity contribution in [2.75, 3.05) is 20.1 Å². The van der Waals surface area contributed by atoms with E-state index in [0.717, 1.165) is 24.4 Å². The third-order valence-electron chi connectivity index (χ3n) is 5.77. The molecule has 1 aromatic rings. The lowest BCUT2D eigenvalue weighted by molar-refractivity contribution is 0.170. The Bertz CT molecular complexity index is 578. The SMILES string of the molecule is CN(Cc1nc2c(s1)CCCC2)C(=O)NC1CCN2CCCCC12. The highest BCUT2D eigenvalue weighted by atomic mass is 32.1. The summed E-state index contributed by atoms with van der Waals surface area (Å²) in [5.74, 6) is 0. The van der Waals surface area contributed by atoms with Gasteiger partial charge in [0.1, 0.15) is 5.01 Å². The molecule has 2 aliphatic heterocycles. The van der Waals surface area contributed by atoms with Crippen molar-refractivity contribution >= 4 is 17.4 Å². The van der Waals surface area contributed by atoms with Crippen LogP contribution in [0.1, 0.15) is 54.1 Å². The molecule has 0 spiro atoms. The molecule has 3 aliphatic rings. The maximum Gasteiger partial charge on any atom is 0.317 e. The molecule has 2 amide bonds. The summed E-state index contributed by atoms with van der Waals surface area (Å²) in [5, 5.41) is 4.37. The van der Waals surface area contributed by atoms with Gasteiger partial charge >= 0.3 is 6.03 Å². The minimum absolute atomic E-state index is 0.0561. The van der Waals surface area contributed by atoms with Crippen LogP contribution in [-0.2, 0) is 19.4 Å². The molecule has 0 saturated carbocycles. The number of hydrogen-bond donors (Lipinski definition) is 1. The summed E-state index contributed by atoms with van der Waals surface area (Å²) in [6.07, 6.45) is 9.75. The second-order valence-corrected chi connectivity index (χ2v) is 8.65. The molecule has 4 rings (SSSR count). The van der Waals surface area contributed by atoms with Crippen LogP contribution in [0.2, 0.25) is 0 Å². The molecule has 2 unspecified atom stereocenters. The maximum atomic E-state index is 12.6. The topological polar surface area (TPSA) is 48.5 Å². The summed E-state index contributed by atoms with van der Waals surface area (Å²) < 4.78 is 0. The third kappa shape index (κ3) is 3.31. The highest BCUT2D eigenvalue weighted by Gasteiger charge is 2.36. The predicted molar refractivity (Wildman–Crippen MR) is 96.4 cm³/mol. The average Bonchev–Trinajstić information content (AvgIpc) is 3.18. The van der Waals surface area contributed by atoms with Gasteiger partial charge in [0, 0.05) is 30.6 Å². The first kappa shape index (κ1) is 16.3. The number of hydrogen-bond acceptors (Lipinski definition) is 4. The van der Waals surface area contributed by atoms with Crippen molar-refractivity contribution in [1.82, 2.24) is 20.1 Å². The standard InChI is InChI=1S/C18H28N4OS/c1-21(12-17-19-14-6-2-3-8-16(14)24-17)18(23)20-13-9-11-22-10-5-4-7-15(13)22/h13,15H,2-12H2,1H3,(H,20,23). The minimum atomic E-state index is 0.0561. The largest absolute Gasteiger partial charge is 0.334 e. The van der Waals surface area contributed by atoms with Gasteiger partial charge in [-0.25, -0.2) is 9.78 Å². The molecule has 1 N–H and O–H groups in total. The van der Waals surface area contributed by atoms with Gasteiger partial charge in [0.25, 0.3) is 0 Å². The monoisotopic (exact) mass is 348 g/mol. The van der Waals surface area contributed by atoms with E-state index in [0.29, 0.717) is 18.6 Å². The van der Waals surface area contributed by atoms with Crippen molar-refractivity contribution in [3.63, 3.8) is 0 Å². The lowest BCUT2D eigenvalue weighted by Gasteiger charge is -2.33. The number of thiazole rings is 1. The molecular formula is C18H28N4OS. The van der Waals surface area contributed by atoms with Crippen LogP contribution in [0.4, 0.5) is 4.79 Å². The zero-order chi connectivity index (χ0) is 16.5. The van der Waals surface area contributed by atoms with Crippen LogP contribution in [0.5, 0.6) is 0 Å². The van der Waals surface area contributed by atoms with Crippen LogP contribution in [0.15, 0.2) is 0 Å². The molecule has 2 atom stereocenters. The van der Waals surface area contributed by atoms with Crippen LogP contribution < -0.4 is 5.32 Å². The summed E-state index contributed by atoms with van der Waals surface area (Å²) in [6, 6.07) is 0.939. The quantitative estimate of drug-likeness (QED) is 0.914. The highest BCUT2D eigenvalue weighted by Crippen LogP contribution is 2.28. The fourth-order valence-electron chi connectivity index (χ4n) is 4.43. The van der Waals surface area contributed by atoms with E-state index in [-0.39, 0.29) is 6.03 Å². The number of nitrogens with one attached hydrogen (secondary N) is 1. The van der Waals surface area contributed by atoms with E-state index in [2.05, 4.69) is 10.2 Å². The van der Waals surface area contributed by atoms with Crippen LogP contribution in [0.3, 0.4) is 0 Å². The molecule has 2 saturated heterocycles. The Kier molecular flexibility index (Phi) is 4.77. The molecule has 1 aromatic heterocycles. The van der Waals surface area contributed by atoms with Gasteiger partial charge in [-0.15, -0.1) is 11.3 Å². The van der Waals surface area contributed by atoms with Crippen LogP contribution in [0, 0.1) is 0 Å². The van der Waals surface area contributed by atoms with Gasteiger partial charge < -0.3 is 10.2 Å². The molecule has 132 valence electrons. The average molecular weight is 349 g/mol. The van der Waals surface area contributed by atoms with Gasteiger partial charge in [0.15, 0.2) is 0 Å². The Labute approximate surface area is 148 Å². The number of fused-ring (bicyclic) bond motifs is 2. The van der Waals surface area contributed by atoms with Crippen LogP contribution >= 0.6 is 11.3 Å². The Morgan fingerprint density at radius 3 is 3.00 bits per heavy atom. The van der Waals surface area contributed by atoms with Crippen molar-refractivity contribution in [2.45, 2.75) is 70.0 Å². The first-order valence-electron chi connectivity index (χ1n) is 9.44. The molecular weight excluding hydrogens is 320 g/mol. The number of urea groups is 1. The predicted octanol–water partition coefficient (Wildman–Crippen LogP) is 2.79. The van der Waals surface area contributed by atoms with E-state index in [1.165, 1.54) is 55.6 Å². The fourth-order valence-corrected chi connectivity index (χ4v) is 5.64. The van der Waals surface area contributed by atoms with Gasteiger partial charge in [-0.1, -0.05) is 6.42 Å². The van der Waals surface area contributed by atoms with Gasteiger partial charge in [-0.05, 0) is 51.5 Å². The fraction of sp³-hybridized carbons (Fsp3) is 0.778. The van der Waals surface area contributed by atoms with Crippen molar-refractivity contribution in [3.8, 4) is 0 Å². The molecule has 24 heavy (non-hydrogen) atoms. The number of carbonyl (C=O) groups is 1. The van der Waals surface area contributed by atoms with Crippen molar-refractivity contribution in [3.05, 3.63) is 15.6 Å². The lowest BCUT2D eigenvalue weighted by Crippen LogP contribution is -2.49. The highest BCUT2D eigenvalue weighted by molar-refractivity contribution is 7.11. The molecule has 2 fully saturated rings. The minimum Gasteiger partial charge on any atom is -0.334 e. The number of amides is 2. The van der Waals surface area contributed by atoms with E-state index < -0.39 is 0 Å². The van der Waals surface area contributed by atoms with E-state index in [9.17, 15) is 4.79 Å². The molecule has 0 radical (unpaired) electrons. The lowest BCUT2D eigenvalue weighted by atomic mass is 9.99. The van der Waals surface area contributed by atoms with Crippen molar-refractivity contribution in [1.29, 1.82) is 0 Å². The molecule has 3 heterocycles. The molecule has 0 aromatic carbocycles. The van der Waals surface area contributed by atoms with E-state index in [1.807, 2.05) is 7.05 Å². The van der Waals surface area contributed by atoms with Crippen molar-refractivity contribution < 1.29 is 4.79 Å². The number of aryl methyl sites for hydroxylation is 2. The van der Waals surface area contributed by atoms with Gasteiger partial charge in [-0.2, -0.15) is 0 Å². The van der Waals surface area contributed by atoms with E-state index in [4.69, 9.17) is 4.98 Å². The second kappa shape index (κ2) is 7.00. The Morgan fingerprint density at radius 1 is 1.25 bits per heavy atom. The summed E-state index contributed by atoms with van der Waals surface area (Å²) in [6.45, 7) is 2.97. The maximum absolute atomic E-state index is 12.6. The molecule has 6 heteroatoms. The second-order valence-electron chi connectivity index (χ2n) is 7.48. The van der Waals surface area contributed by atoms with Gasteiger partial charge in [0.2, 0.25) is 0 Å². The molecule has 0 bridgehead atoms. The first-order chi connectivity index (χ1) is 11.7. The summed E-state index contributed by atoms with van der Waals surface area (Å²) in [4.78, 5) is 23.2. The number of carbonyl (C=O) groups excluding carboxylic acids is 1. The molecule has 1 aliphatic carbocycles. The molecule has 5 nitrogen and oxygen atoms in total. The Hall–Kier alpha value is -1.14. The van der Waals surface area contributed by atoms with Crippen molar-refractivity contribution in [2.24, 2.45) is 0 Å². The number of nitrogens with zero attached hydrogens (tertiary/aromatic N) is 3. The summed E-state index contributed by atoms with van der Waals surface area (Å²) >= 11 is 1.80. The summed E-state index contributed by atoms with van der Waals surface area (Å²) in [5.41, 5.74) is 1.28. The number of aromatic nitrogens is 1. The normalized spacial score (nSPS) is 26.7. The first-order valence-corrected chi connectivity index (χ1v) is 10.3. The van der Waals surface area contributed by atoms with Gasteiger partial charge in [0.05, 0.1) is 12.2 Å². The Morgan fingerprint density at radius 2 is 2.12 bits per heavy atom. The number of piperidine rings is 1. The zero-order valence-corrected chi connectivity index (χ0v) is 15.4. The smallest absolute Gasteiger partial charge is 0.317 e. The van der Waals surface area contributed by atoms with Crippen LogP contribution in [0.25, 0.3) is 0 Å². The third-order valence-corrected chi connectivity index (χ3v) is 6.92. The van der Waals surface area contributed by atoms with E-state index in [1.54, 1.807) is 16.2 Å². The number of rotatable bonds is 3. The van der Waals surface area contributed by atoms with Gasteiger partial charge in [-0.3, -0.25) is 4.90 Å². The zero-order valence-electron chi connectivity index (χ0n) is 14.6. The summed E-state index contributed by atoms with van der Waals surface area (Å²) in [7, 11) is 1.89.